The Morgan fingerprint density at radius 3 is 2.39 bits per heavy atom. The molecule has 4 nitrogen and oxygen atoms in total. The zero-order valence-corrected chi connectivity index (χ0v) is 10.2. The molecule has 1 heterocycles. The molecular formula is C11H9F2N3OS. The summed E-state index contributed by atoms with van der Waals surface area (Å²) >= 11 is 1.28. The highest BCUT2D eigenvalue weighted by molar-refractivity contribution is 7.98. The summed E-state index contributed by atoms with van der Waals surface area (Å²) in [6.45, 7) is 0. The first kappa shape index (κ1) is 12.6. The molecule has 0 aliphatic heterocycles. The highest BCUT2D eigenvalue weighted by Crippen LogP contribution is 2.24. The van der Waals surface area contributed by atoms with Crippen molar-refractivity contribution in [2.75, 3.05) is 12.0 Å². The van der Waals surface area contributed by atoms with Crippen molar-refractivity contribution in [1.82, 2.24) is 9.97 Å². The summed E-state index contributed by atoms with van der Waals surface area (Å²) in [5.74, 6) is -1.08. The van der Waals surface area contributed by atoms with Crippen LogP contribution in [0, 0.1) is 11.6 Å². The van der Waals surface area contributed by atoms with Gasteiger partial charge in [-0.2, -0.15) is 4.98 Å². The number of aromatic nitrogens is 2. The molecule has 0 saturated carbocycles. The summed E-state index contributed by atoms with van der Waals surface area (Å²) < 4.78 is 31.2. The molecule has 1 aromatic carbocycles. The summed E-state index contributed by atoms with van der Waals surface area (Å²) in [5, 5.41) is 0.418. The Labute approximate surface area is 106 Å². The van der Waals surface area contributed by atoms with Crippen LogP contribution in [0.25, 0.3) is 0 Å². The molecular weight excluding hydrogens is 260 g/mol. The number of thioether (sulfide) groups is 1. The predicted octanol–water partition coefficient (Wildman–Crippen LogP) is 2.85. The quantitative estimate of drug-likeness (QED) is 0.685. The van der Waals surface area contributed by atoms with E-state index in [4.69, 9.17) is 10.5 Å². The summed E-state index contributed by atoms with van der Waals surface area (Å²) in [6.07, 6.45) is 1.78. The van der Waals surface area contributed by atoms with Gasteiger partial charge in [0.2, 0.25) is 5.88 Å². The van der Waals surface area contributed by atoms with Crippen molar-refractivity contribution in [3.05, 3.63) is 35.9 Å². The van der Waals surface area contributed by atoms with Crippen LogP contribution in [0.3, 0.4) is 0 Å². The van der Waals surface area contributed by atoms with Crippen LogP contribution in [-0.2, 0) is 0 Å². The molecule has 0 saturated heterocycles. The van der Waals surface area contributed by atoms with Gasteiger partial charge >= 0.3 is 0 Å². The second kappa shape index (κ2) is 5.18. The summed E-state index contributed by atoms with van der Waals surface area (Å²) in [5.41, 5.74) is 5.56. The van der Waals surface area contributed by atoms with E-state index in [9.17, 15) is 8.78 Å². The fourth-order valence-corrected chi connectivity index (χ4v) is 1.65. The zero-order valence-electron chi connectivity index (χ0n) is 9.35. The molecule has 0 radical (unpaired) electrons. The van der Waals surface area contributed by atoms with Gasteiger partial charge < -0.3 is 10.5 Å². The van der Waals surface area contributed by atoms with Gasteiger partial charge in [-0.3, -0.25) is 0 Å². The van der Waals surface area contributed by atoms with Gasteiger partial charge in [0, 0.05) is 24.3 Å². The standard InChI is InChI=1S/C11H9F2N3OS/c1-18-11-15-9(14)5-10(16-11)17-8-3-6(12)2-7(13)4-8/h2-5H,1H3,(H2,14,15,16). The van der Waals surface area contributed by atoms with Crippen molar-refractivity contribution in [3.63, 3.8) is 0 Å². The molecule has 94 valence electrons. The zero-order chi connectivity index (χ0) is 13.1. The Morgan fingerprint density at radius 1 is 1.11 bits per heavy atom. The topological polar surface area (TPSA) is 61.0 Å². The Bertz CT molecular complexity index is 560. The van der Waals surface area contributed by atoms with Crippen molar-refractivity contribution in [2.45, 2.75) is 5.16 Å². The molecule has 0 bridgehead atoms. The van der Waals surface area contributed by atoms with Crippen LogP contribution in [0.2, 0.25) is 0 Å². The van der Waals surface area contributed by atoms with Gasteiger partial charge in [-0.1, -0.05) is 11.8 Å². The molecule has 0 amide bonds. The third-order valence-electron chi connectivity index (χ3n) is 1.94. The lowest BCUT2D eigenvalue weighted by molar-refractivity contribution is 0.445. The number of hydrogen-bond acceptors (Lipinski definition) is 5. The van der Waals surface area contributed by atoms with Crippen molar-refractivity contribution in [3.8, 4) is 11.6 Å². The Kier molecular flexibility index (Phi) is 3.61. The third-order valence-corrected chi connectivity index (χ3v) is 2.49. The Hall–Kier alpha value is -1.89. The van der Waals surface area contributed by atoms with Crippen LogP contribution < -0.4 is 10.5 Å². The van der Waals surface area contributed by atoms with Gasteiger partial charge in [0.05, 0.1) is 0 Å². The number of hydrogen-bond donors (Lipinski definition) is 1. The number of ether oxygens (including phenoxy) is 1. The van der Waals surface area contributed by atoms with Crippen molar-refractivity contribution in [1.29, 1.82) is 0 Å². The molecule has 2 N–H and O–H groups in total. The van der Waals surface area contributed by atoms with Gasteiger partial charge in [-0.05, 0) is 6.26 Å². The molecule has 18 heavy (non-hydrogen) atoms. The average molecular weight is 269 g/mol. The normalized spacial score (nSPS) is 10.4. The molecule has 0 aliphatic rings. The maximum Gasteiger partial charge on any atom is 0.225 e. The monoisotopic (exact) mass is 269 g/mol. The number of benzene rings is 1. The van der Waals surface area contributed by atoms with E-state index < -0.39 is 11.6 Å². The molecule has 7 heteroatoms. The SMILES string of the molecule is CSc1nc(N)cc(Oc2cc(F)cc(F)c2)n1. The van der Waals surface area contributed by atoms with E-state index in [-0.39, 0.29) is 17.4 Å². The smallest absolute Gasteiger partial charge is 0.225 e. The minimum atomic E-state index is -0.725. The van der Waals surface area contributed by atoms with Crippen molar-refractivity contribution < 1.29 is 13.5 Å². The Balaban J connectivity index is 2.30. The van der Waals surface area contributed by atoms with Crippen molar-refractivity contribution >= 4 is 17.6 Å². The molecule has 0 unspecified atom stereocenters. The van der Waals surface area contributed by atoms with Crippen LogP contribution in [0.15, 0.2) is 29.4 Å². The largest absolute Gasteiger partial charge is 0.439 e. The molecule has 0 atom stereocenters. The van der Waals surface area contributed by atoms with Crippen molar-refractivity contribution in [2.24, 2.45) is 0 Å². The van der Waals surface area contributed by atoms with E-state index in [1.54, 1.807) is 6.26 Å². The maximum atomic E-state index is 13.0. The van der Waals surface area contributed by atoms with E-state index in [1.807, 2.05) is 0 Å². The first-order chi connectivity index (χ1) is 8.56. The fourth-order valence-electron chi connectivity index (χ4n) is 1.27. The number of rotatable bonds is 3. The third kappa shape index (κ3) is 3.07. The highest BCUT2D eigenvalue weighted by Gasteiger charge is 2.06. The van der Waals surface area contributed by atoms with E-state index in [2.05, 4.69) is 9.97 Å². The lowest BCUT2D eigenvalue weighted by atomic mass is 10.3. The molecule has 0 aliphatic carbocycles. The number of halogens is 2. The van der Waals surface area contributed by atoms with Crippen LogP contribution in [-0.4, -0.2) is 16.2 Å². The molecule has 0 spiro atoms. The average Bonchev–Trinajstić information content (AvgIpc) is 2.26. The molecule has 2 aromatic rings. The number of nitrogens with two attached hydrogens (primary N) is 1. The van der Waals surface area contributed by atoms with Crippen LogP contribution in [0.1, 0.15) is 0 Å². The first-order valence-corrected chi connectivity index (χ1v) is 6.12. The number of anilines is 1. The lowest BCUT2D eigenvalue weighted by Crippen LogP contribution is -1.97. The first-order valence-electron chi connectivity index (χ1n) is 4.89. The molecule has 2 rings (SSSR count). The van der Waals surface area contributed by atoms with Gasteiger partial charge in [0.25, 0.3) is 0 Å². The number of nitrogens with zero attached hydrogens (tertiary/aromatic N) is 2. The van der Waals surface area contributed by atoms with E-state index in [0.29, 0.717) is 5.16 Å². The van der Waals surface area contributed by atoms with Crippen LogP contribution >= 0.6 is 11.8 Å². The molecule has 0 fully saturated rings. The summed E-state index contributed by atoms with van der Waals surface area (Å²) in [4.78, 5) is 7.94. The minimum absolute atomic E-state index is 0.0117. The summed E-state index contributed by atoms with van der Waals surface area (Å²) in [7, 11) is 0. The summed E-state index contributed by atoms with van der Waals surface area (Å²) in [6, 6.07) is 4.25. The van der Waals surface area contributed by atoms with Gasteiger partial charge in [0.1, 0.15) is 23.2 Å². The van der Waals surface area contributed by atoms with Gasteiger partial charge in [0.15, 0.2) is 5.16 Å². The van der Waals surface area contributed by atoms with E-state index in [0.717, 1.165) is 18.2 Å². The number of nitrogen functional groups attached to an aromatic ring is 1. The Morgan fingerprint density at radius 2 is 1.78 bits per heavy atom. The minimum Gasteiger partial charge on any atom is -0.439 e. The molecule has 1 aromatic heterocycles. The second-order valence-electron chi connectivity index (χ2n) is 3.32. The maximum absolute atomic E-state index is 13.0. The van der Waals surface area contributed by atoms with Gasteiger partial charge in [-0.25, -0.2) is 13.8 Å². The van der Waals surface area contributed by atoms with Crippen LogP contribution in [0.4, 0.5) is 14.6 Å². The van der Waals surface area contributed by atoms with E-state index in [1.165, 1.54) is 17.8 Å². The van der Waals surface area contributed by atoms with Gasteiger partial charge in [-0.15, -0.1) is 0 Å². The second-order valence-corrected chi connectivity index (χ2v) is 4.10. The van der Waals surface area contributed by atoms with E-state index >= 15 is 0 Å². The lowest BCUT2D eigenvalue weighted by Gasteiger charge is -2.06. The van der Waals surface area contributed by atoms with Crippen LogP contribution in [0.5, 0.6) is 11.6 Å². The fraction of sp³-hybridized carbons (Fsp3) is 0.0909. The predicted molar refractivity (Wildman–Crippen MR) is 64.7 cm³/mol. The highest BCUT2D eigenvalue weighted by atomic mass is 32.2.